The van der Waals surface area contributed by atoms with E-state index in [1.807, 2.05) is 12.1 Å². The zero-order chi connectivity index (χ0) is 19.0. The molecule has 0 unspecified atom stereocenters. The Morgan fingerprint density at radius 1 is 1.11 bits per heavy atom. The molecule has 0 amide bonds. The number of aromatic nitrogens is 3. The van der Waals surface area contributed by atoms with Crippen LogP contribution >= 0.6 is 23.2 Å². The molecule has 0 spiro atoms. The zero-order valence-corrected chi connectivity index (χ0v) is 15.8. The Balaban J connectivity index is 1.74. The highest BCUT2D eigenvalue weighted by atomic mass is 35.5. The molecule has 1 aliphatic rings. The highest BCUT2D eigenvalue weighted by Gasteiger charge is 2.25. The van der Waals surface area contributed by atoms with Crippen molar-refractivity contribution in [1.29, 1.82) is 0 Å². The SMILES string of the molecule is O=c1c(-c2cc(OCc3ccncc3)c(Cl)cc2F)c(Cl)n2n1CCCC2. The van der Waals surface area contributed by atoms with E-state index in [-0.39, 0.29) is 39.2 Å². The van der Waals surface area contributed by atoms with Gasteiger partial charge in [-0.1, -0.05) is 23.2 Å². The van der Waals surface area contributed by atoms with Crippen LogP contribution in [-0.4, -0.2) is 14.3 Å². The van der Waals surface area contributed by atoms with Gasteiger partial charge >= 0.3 is 0 Å². The van der Waals surface area contributed by atoms with Crippen LogP contribution in [0.1, 0.15) is 18.4 Å². The van der Waals surface area contributed by atoms with E-state index in [1.54, 1.807) is 21.8 Å². The molecule has 8 heteroatoms. The summed E-state index contributed by atoms with van der Waals surface area (Å²) in [5, 5.41) is 0.367. The number of pyridine rings is 1. The lowest BCUT2D eigenvalue weighted by molar-refractivity contribution is 0.306. The van der Waals surface area contributed by atoms with Crippen LogP contribution in [0.5, 0.6) is 5.75 Å². The van der Waals surface area contributed by atoms with Crippen LogP contribution in [0.3, 0.4) is 0 Å². The standard InChI is InChI=1S/C19H16Cl2FN3O2/c20-14-10-15(22)13(9-16(14)27-11-12-3-5-23-6-4-12)17-18(21)24-7-1-2-8-25(24)19(17)26/h3-6,9-10H,1-2,7-8,11H2. The molecule has 2 aromatic heterocycles. The lowest BCUT2D eigenvalue weighted by Crippen LogP contribution is -2.27. The van der Waals surface area contributed by atoms with E-state index in [4.69, 9.17) is 27.9 Å². The molecule has 1 aromatic carbocycles. The smallest absolute Gasteiger partial charge is 0.276 e. The molecule has 0 bridgehead atoms. The van der Waals surface area contributed by atoms with Gasteiger partial charge in [-0.15, -0.1) is 0 Å². The van der Waals surface area contributed by atoms with Gasteiger partial charge in [0.2, 0.25) is 0 Å². The molecule has 0 N–H and O–H groups in total. The number of hydrogen-bond acceptors (Lipinski definition) is 3. The van der Waals surface area contributed by atoms with Crippen molar-refractivity contribution in [3.8, 4) is 16.9 Å². The first-order valence-corrected chi connectivity index (χ1v) is 9.32. The zero-order valence-electron chi connectivity index (χ0n) is 14.3. The van der Waals surface area contributed by atoms with E-state index in [1.165, 1.54) is 6.07 Å². The minimum Gasteiger partial charge on any atom is -0.487 e. The summed E-state index contributed by atoms with van der Waals surface area (Å²) in [6.45, 7) is 1.44. The van der Waals surface area contributed by atoms with Crippen molar-refractivity contribution in [2.45, 2.75) is 32.5 Å². The molecule has 4 rings (SSSR count). The van der Waals surface area contributed by atoms with E-state index in [9.17, 15) is 9.18 Å². The Morgan fingerprint density at radius 2 is 1.81 bits per heavy atom. The maximum atomic E-state index is 14.6. The number of hydrogen-bond donors (Lipinski definition) is 0. The van der Waals surface area contributed by atoms with Gasteiger partial charge in [-0.2, -0.15) is 0 Å². The van der Waals surface area contributed by atoms with Crippen LogP contribution in [0.2, 0.25) is 10.2 Å². The molecule has 27 heavy (non-hydrogen) atoms. The van der Waals surface area contributed by atoms with Gasteiger partial charge in [0, 0.05) is 31.0 Å². The van der Waals surface area contributed by atoms with Gasteiger partial charge in [-0.3, -0.25) is 14.5 Å². The first-order chi connectivity index (χ1) is 13.1. The Kier molecular flexibility index (Phi) is 4.93. The number of ether oxygens (including phenoxy) is 1. The maximum absolute atomic E-state index is 14.6. The van der Waals surface area contributed by atoms with Gasteiger partial charge in [0.25, 0.3) is 5.56 Å². The molecule has 0 fully saturated rings. The van der Waals surface area contributed by atoms with Crippen molar-refractivity contribution >= 4 is 23.2 Å². The molecule has 3 aromatic rings. The minimum atomic E-state index is -0.612. The van der Waals surface area contributed by atoms with E-state index in [2.05, 4.69) is 4.98 Å². The van der Waals surface area contributed by atoms with Crippen LogP contribution in [0.25, 0.3) is 11.1 Å². The molecule has 0 radical (unpaired) electrons. The molecule has 5 nitrogen and oxygen atoms in total. The summed E-state index contributed by atoms with van der Waals surface area (Å²) < 4.78 is 23.6. The summed E-state index contributed by atoms with van der Waals surface area (Å²) in [6.07, 6.45) is 5.13. The van der Waals surface area contributed by atoms with E-state index >= 15 is 0 Å². The molecule has 140 valence electrons. The topological polar surface area (TPSA) is 49.0 Å². The average Bonchev–Trinajstić information content (AvgIpc) is 2.93. The fourth-order valence-electron chi connectivity index (χ4n) is 3.22. The predicted octanol–water partition coefficient (Wildman–Crippen LogP) is 4.53. The van der Waals surface area contributed by atoms with Gasteiger partial charge in [0.05, 0.1) is 10.6 Å². The minimum absolute atomic E-state index is 0.0912. The van der Waals surface area contributed by atoms with Gasteiger partial charge in [0.15, 0.2) is 0 Å². The third-order valence-electron chi connectivity index (χ3n) is 4.60. The first kappa shape index (κ1) is 18.1. The van der Waals surface area contributed by atoms with Crippen LogP contribution in [-0.2, 0) is 19.7 Å². The quantitative estimate of drug-likeness (QED) is 0.638. The van der Waals surface area contributed by atoms with Gasteiger partial charge in [-0.25, -0.2) is 9.07 Å². The predicted molar refractivity (Wildman–Crippen MR) is 102 cm³/mol. The summed E-state index contributed by atoms with van der Waals surface area (Å²) >= 11 is 12.6. The maximum Gasteiger partial charge on any atom is 0.276 e. The van der Waals surface area contributed by atoms with Gasteiger partial charge in [-0.05, 0) is 42.7 Å². The first-order valence-electron chi connectivity index (χ1n) is 8.56. The average molecular weight is 408 g/mol. The molecule has 0 saturated carbocycles. The Morgan fingerprint density at radius 3 is 2.52 bits per heavy atom. The second kappa shape index (κ2) is 7.37. The normalized spacial score (nSPS) is 13.4. The highest BCUT2D eigenvalue weighted by molar-refractivity contribution is 6.33. The summed E-state index contributed by atoms with van der Waals surface area (Å²) in [5.74, 6) is -0.326. The lowest BCUT2D eigenvalue weighted by Gasteiger charge is -2.17. The van der Waals surface area contributed by atoms with E-state index in [0.717, 1.165) is 24.5 Å². The van der Waals surface area contributed by atoms with Crippen molar-refractivity contribution in [3.63, 3.8) is 0 Å². The summed E-state index contributed by atoms with van der Waals surface area (Å²) in [6, 6.07) is 6.21. The number of halogens is 3. The van der Waals surface area contributed by atoms with Crippen molar-refractivity contribution in [1.82, 2.24) is 14.3 Å². The fraction of sp³-hybridized carbons (Fsp3) is 0.263. The van der Waals surface area contributed by atoms with Crippen molar-refractivity contribution in [2.75, 3.05) is 0 Å². The largest absolute Gasteiger partial charge is 0.487 e. The second-order valence-corrected chi connectivity index (χ2v) is 7.10. The van der Waals surface area contributed by atoms with Gasteiger partial charge < -0.3 is 4.74 Å². The van der Waals surface area contributed by atoms with E-state index in [0.29, 0.717) is 13.1 Å². The highest BCUT2D eigenvalue weighted by Crippen LogP contribution is 2.36. The summed E-state index contributed by atoms with van der Waals surface area (Å²) in [7, 11) is 0. The molecular formula is C19H16Cl2FN3O2. The number of nitrogens with zero attached hydrogens (tertiary/aromatic N) is 3. The van der Waals surface area contributed by atoms with Crippen molar-refractivity contribution in [2.24, 2.45) is 0 Å². The number of fused-ring (bicyclic) bond motifs is 1. The third-order valence-corrected chi connectivity index (χ3v) is 5.28. The number of rotatable bonds is 4. The molecule has 1 aliphatic heterocycles. The van der Waals surface area contributed by atoms with Crippen LogP contribution in [0, 0.1) is 5.82 Å². The molecule has 3 heterocycles. The molecule has 0 aliphatic carbocycles. The lowest BCUT2D eigenvalue weighted by atomic mass is 10.1. The van der Waals surface area contributed by atoms with E-state index < -0.39 is 5.82 Å². The Hall–Kier alpha value is -2.31. The second-order valence-electron chi connectivity index (χ2n) is 6.33. The monoisotopic (exact) mass is 407 g/mol. The van der Waals surface area contributed by atoms with Crippen LogP contribution < -0.4 is 10.3 Å². The molecule has 0 saturated heterocycles. The fourth-order valence-corrected chi connectivity index (χ4v) is 3.79. The molecule has 0 atom stereocenters. The van der Waals surface area contributed by atoms with Crippen molar-refractivity contribution in [3.05, 3.63) is 68.6 Å². The Bertz CT molecular complexity index is 1050. The third kappa shape index (κ3) is 3.35. The van der Waals surface area contributed by atoms with Crippen molar-refractivity contribution < 1.29 is 9.13 Å². The Labute approximate surface area is 164 Å². The van der Waals surface area contributed by atoms with Crippen LogP contribution in [0.15, 0.2) is 41.5 Å². The molecular weight excluding hydrogens is 392 g/mol. The van der Waals surface area contributed by atoms with Gasteiger partial charge in [0.1, 0.15) is 23.3 Å². The number of benzene rings is 1. The van der Waals surface area contributed by atoms with Crippen LogP contribution in [0.4, 0.5) is 4.39 Å². The summed E-state index contributed by atoms with van der Waals surface area (Å²) in [5.41, 5.74) is 0.820. The summed E-state index contributed by atoms with van der Waals surface area (Å²) in [4.78, 5) is 16.7.